The van der Waals surface area contributed by atoms with E-state index < -0.39 is 0 Å². The number of likely N-dealkylation sites (tertiary alicyclic amines) is 2. The van der Waals surface area contributed by atoms with Gasteiger partial charge in [0.15, 0.2) is 18.1 Å². The Morgan fingerprint density at radius 1 is 1.20 bits per heavy atom. The molecule has 0 unspecified atom stereocenters. The minimum absolute atomic E-state index is 0.0351. The lowest BCUT2D eigenvalue weighted by Gasteiger charge is -2.41. The molecule has 1 aromatic rings. The molecule has 1 aromatic carbocycles. The lowest BCUT2D eigenvalue weighted by molar-refractivity contribution is -0.141. The number of benzene rings is 1. The Hall–Kier alpha value is -1.79. The summed E-state index contributed by atoms with van der Waals surface area (Å²) < 4.78 is 16.7. The van der Waals surface area contributed by atoms with Crippen LogP contribution in [-0.2, 0) is 9.53 Å². The molecule has 2 aliphatic rings. The van der Waals surface area contributed by atoms with Crippen LogP contribution in [-0.4, -0.2) is 74.9 Å². The van der Waals surface area contributed by atoms with Crippen LogP contribution in [0.5, 0.6) is 11.5 Å². The van der Waals surface area contributed by atoms with Crippen LogP contribution in [0.1, 0.15) is 13.3 Å². The highest BCUT2D eigenvalue weighted by Gasteiger charge is 2.45. The summed E-state index contributed by atoms with van der Waals surface area (Å²) in [5.74, 6) is 1.66. The third-order valence-electron chi connectivity index (χ3n) is 5.43. The first-order valence-electron chi connectivity index (χ1n) is 8.98. The fraction of sp³-hybridized carbons (Fsp3) is 0.632. The van der Waals surface area contributed by atoms with Crippen molar-refractivity contribution in [1.82, 2.24) is 9.80 Å². The molecule has 25 heavy (non-hydrogen) atoms. The first-order chi connectivity index (χ1) is 12.2. The van der Waals surface area contributed by atoms with Gasteiger partial charge in [0.25, 0.3) is 5.91 Å². The van der Waals surface area contributed by atoms with Gasteiger partial charge in [0.05, 0.1) is 19.3 Å². The van der Waals surface area contributed by atoms with Crippen molar-refractivity contribution in [3.05, 3.63) is 24.3 Å². The first kappa shape index (κ1) is 18.0. The summed E-state index contributed by atoms with van der Waals surface area (Å²) >= 11 is 0. The molecule has 2 aliphatic heterocycles. The van der Waals surface area contributed by atoms with Crippen LogP contribution in [0.3, 0.4) is 0 Å². The van der Waals surface area contributed by atoms with Crippen LogP contribution < -0.4 is 9.47 Å². The number of fused-ring (bicyclic) bond motifs is 1. The highest BCUT2D eigenvalue weighted by molar-refractivity contribution is 5.78. The fourth-order valence-electron chi connectivity index (χ4n) is 4.06. The SMILES string of the molecule is CCN1C[C@H]2[C@@H](C1)N(C(=O)COc1ccccc1OC)CC[C@H]2OC. The van der Waals surface area contributed by atoms with Crippen molar-refractivity contribution in [3.63, 3.8) is 0 Å². The number of hydrogen-bond acceptors (Lipinski definition) is 5. The van der Waals surface area contributed by atoms with Crippen LogP contribution in [0.4, 0.5) is 0 Å². The van der Waals surface area contributed by atoms with E-state index in [1.54, 1.807) is 14.2 Å². The summed E-state index contributed by atoms with van der Waals surface area (Å²) in [5, 5.41) is 0. The molecule has 3 rings (SSSR count). The van der Waals surface area contributed by atoms with Crippen molar-refractivity contribution < 1.29 is 19.0 Å². The number of hydrogen-bond donors (Lipinski definition) is 0. The third kappa shape index (κ3) is 3.75. The highest BCUT2D eigenvalue weighted by atomic mass is 16.5. The van der Waals surface area contributed by atoms with Gasteiger partial charge < -0.3 is 24.0 Å². The number of rotatable bonds is 6. The zero-order valence-corrected chi connectivity index (χ0v) is 15.3. The summed E-state index contributed by atoms with van der Waals surface area (Å²) in [7, 11) is 3.38. The summed E-state index contributed by atoms with van der Waals surface area (Å²) in [5.41, 5.74) is 0. The first-order valence-corrected chi connectivity index (χ1v) is 8.98. The fourth-order valence-corrected chi connectivity index (χ4v) is 4.06. The van der Waals surface area contributed by atoms with Gasteiger partial charge >= 0.3 is 0 Å². The number of carbonyl (C=O) groups is 1. The maximum Gasteiger partial charge on any atom is 0.260 e. The predicted molar refractivity (Wildman–Crippen MR) is 95.0 cm³/mol. The van der Waals surface area contributed by atoms with Gasteiger partial charge in [0.1, 0.15) is 0 Å². The van der Waals surface area contributed by atoms with Crippen molar-refractivity contribution in [1.29, 1.82) is 0 Å². The average Bonchev–Trinajstić information content (AvgIpc) is 3.09. The molecular weight excluding hydrogens is 320 g/mol. The van der Waals surface area contributed by atoms with E-state index in [0.717, 1.165) is 32.6 Å². The van der Waals surface area contributed by atoms with E-state index >= 15 is 0 Å². The molecule has 0 N–H and O–H groups in total. The zero-order chi connectivity index (χ0) is 17.8. The van der Waals surface area contributed by atoms with Crippen molar-refractivity contribution in [2.75, 3.05) is 47.0 Å². The number of ether oxygens (including phenoxy) is 3. The van der Waals surface area contributed by atoms with Crippen LogP contribution in [0.15, 0.2) is 24.3 Å². The smallest absolute Gasteiger partial charge is 0.260 e. The third-order valence-corrected chi connectivity index (χ3v) is 5.43. The van der Waals surface area contributed by atoms with Crippen LogP contribution in [0.2, 0.25) is 0 Å². The molecule has 0 bridgehead atoms. The second-order valence-corrected chi connectivity index (χ2v) is 6.67. The monoisotopic (exact) mass is 348 g/mol. The average molecular weight is 348 g/mol. The second kappa shape index (κ2) is 8.06. The van der Waals surface area contributed by atoms with E-state index in [1.807, 2.05) is 29.2 Å². The Kier molecular flexibility index (Phi) is 5.81. The summed E-state index contributed by atoms with van der Waals surface area (Å²) in [6.07, 6.45) is 1.12. The zero-order valence-electron chi connectivity index (χ0n) is 15.3. The number of carbonyl (C=O) groups excluding carboxylic acids is 1. The van der Waals surface area contributed by atoms with E-state index in [1.165, 1.54) is 0 Å². The molecule has 1 amide bonds. The second-order valence-electron chi connectivity index (χ2n) is 6.67. The maximum atomic E-state index is 12.8. The largest absolute Gasteiger partial charge is 0.493 e. The number of piperidine rings is 1. The molecule has 6 nitrogen and oxygen atoms in total. The quantitative estimate of drug-likeness (QED) is 0.782. The summed E-state index contributed by atoms with van der Waals surface area (Å²) in [6.45, 7) is 5.84. The van der Waals surface area contributed by atoms with Gasteiger partial charge in [0, 0.05) is 32.7 Å². The van der Waals surface area contributed by atoms with Gasteiger partial charge in [0.2, 0.25) is 0 Å². The molecule has 0 aromatic heterocycles. The Labute approximate surface area is 149 Å². The van der Waals surface area contributed by atoms with E-state index in [9.17, 15) is 4.79 Å². The molecule has 6 heteroatoms. The lowest BCUT2D eigenvalue weighted by atomic mass is 9.89. The van der Waals surface area contributed by atoms with Gasteiger partial charge in [-0.3, -0.25) is 4.79 Å². The molecule has 0 aliphatic carbocycles. The Balaban J connectivity index is 1.65. The molecule has 138 valence electrons. The normalized spacial score (nSPS) is 26.4. The van der Waals surface area contributed by atoms with Gasteiger partial charge in [-0.1, -0.05) is 19.1 Å². The number of nitrogens with zero attached hydrogens (tertiary/aromatic N) is 2. The van der Waals surface area contributed by atoms with Crippen molar-refractivity contribution in [2.45, 2.75) is 25.5 Å². The molecular formula is C19H28N2O4. The molecule has 0 saturated carbocycles. The maximum absolute atomic E-state index is 12.8. The number of likely N-dealkylation sites (N-methyl/N-ethyl adjacent to an activating group) is 1. The Bertz CT molecular complexity index is 595. The standard InChI is InChI=1S/C19H28N2O4/c1-4-20-11-14-15(12-20)21(10-9-16(14)23-2)19(22)13-25-18-8-6-5-7-17(18)24-3/h5-8,14-16H,4,9-13H2,1-3H3/t14-,15+,16+/m0/s1. The van der Waals surface area contributed by atoms with E-state index in [4.69, 9.17) is 14.2 Å². The number of methoxy groups -OCH3 is 2. The Morgan fingerprint density at radius 3 is 2.64 bits per heavy atom. The number of amides is 1. The van der Waals surface area contributed by atoms with Gasteiger partial charge in [-0.15, -0.1) is 0 Å². The van der Waals surface area contributed by atoms with Gasteiger partial charge in [-0.2, -0.15) is 0 Å². The molecule has 2 heterocycles. The Morgan fingerprint density at radius 2 is 1.96 bits per heavy atom. The van der Waals surface area contributed by atoms with Crippen molar-refractivity contribution >= 4 is 5.91 Å². The summed E-state index contributed by atoms with van der Waals surface area (Å²) in [6, 6.07) is 7.62. The van der Waals surface area contributed by atoms with Gasteiger partial charge in [-0.05, 0) is 25.1 Å². The van der Waals surface area contributed by atoms with E-state index in [2.05, 4.69) is 11.8 Å². The van der Waals surface area contributed by atoms with Crippen molar-refractivity contribution in [2.24, 2.45) is 5.92 Å². The highest BCUT2D eigenvalue weighted by Crippen LogP contribution is 2.33. The number of para-hydroxylation sites is 2. The van der Waals surface area contributed by atoms with Crippen molar-refractivity contribution in [3.8, 4) is 11.5 Å². The van der Waals surface area contributed by atoms with E-state index in [0.29, 0.717) is 17.4 Å². The molecule has 3 atom stereocenters. The van der Waals surface area contributed by atoms with Crippen LogP contribution in [0.25, 0.3) is 0 Å². The minimum Gasteiger partial charge on any atom is -0.493 e. The minimum atomic E-state index is 0.0351. The molecule has 0 spiro atoms. The predicted octanol–water partition coefficient (Wildman–Crippen LogP) is 1.64. The molecule has 0 radical (unpaired) electrons. The lowest BCUT2D eigenvalue weighted by Crippen LogP contribution is -2.54. The topological polar surface area (TPSA) is 51.2 Å². The van der Waals surface area contributed by atoms with Gasteiger partial charge in [-0.25, -0.2) is 0 Å². The van der Waals surface area contributed by atoms with E-state index in [-0.39, 0.29) is 24.7 Å². The molecule has 2 saturated heterocycles. The summed E-state index contributed by atoms with van der Waals surface area (Å²) in [4.78, 5) is 17.2. The molecule has 2 fully saturated rings. The van der Waals surface area contributed by atoms with Crippen LogP contribution >= 0.6 is 0 Å². The van der Waals surface area contributed by atoms with Crippen LogP contribution in [0, 0.1) is 5.92 Å².